The Bertz CT molecular complexity index is 844. The molecule has 0 saturated carbocycles. The zero-order valence-corrected chi connectivity index (χ0v) is 16.5. The summed E-state index contributed by atoms with van der Waals surface area (Å²) in [7, 11) is 0. The zero-order chi connectivity index (χ0) is 20.0. The van der Waals surface area contributed by atoms with E-state index in [1.165, 1.54) is 0 Å². The van der Waals surface area contributed by atoms with Crippen LogP contribution in [-0.2, 0) is 5.54 Å². The highest BCUT2D eigenvalue weighted by Gasteiger charge is 2.23. The summed E-state index contributed by atoms with van der Waals surface area (Å²) in [6.07, 6.45) is 0. The lowest BCUT2D eigenvalue weighted by atomic mass is 9.92. The van der Waals surface area contributed by atoms with Gasteiger partial charge in [-0.05, 0) is 63.4 Å². The predicted molar refractivity (Wildman–Crippen MR) is 108 cm³/mol. The molecule has 0 saturated heterocycles. The van der Waals surface area contributed by atoms with Crippen LogP contribution < -0.4 is 15.4 Å². The first-order chi connectivity index (χ1) is 12.8. The molecule has 0 bridgehead atoms. The molecule has 6 nitrogen and oxygen atoms in total. The minimum Gasteiger partial charge on any atom is -0.494 e. The van der Waals surface area contributed by atoms with E-state index in [0.29, 0.717) is 18.0 Å². The summed E-state index contributed by atoms with van der Waals surface area (Å²) in [5, 5.41) is 18.0. The summed E-state index contributed by atoms with van der Waals surface area (Å²) in [6, 6.07) is 12.8. The van der Waals surface area contributed by atoms with Crippen molar-refractivity contribution in [3.8, 4) is 5.75 Å². The van der Waals surface area contributed by atoms with E-state index >= 15 is 0 Å². The number of hydrogen-bond donors (Lipinski definition) is 3. The third-order valence-corrected chi connectivity index (χ3v) is 4.32. The van der Waals surface area contributed by atoms with Crippen LogP contribution in [0.5, 0.6) is 5.75 Å². The van der Waals surface area contributed by atoms with Crippen LogP contribution in [0.1, 0.15) is 44.4 Å². The molecule has 3 N–H and O–H groups in total. The van der Waals surface area contributed by atoms with Crippen LogP contribution in [0.4, 0.5) is 10.5 Å². The Hall–Kier alpha value is -3.02. The Balaban J connectivity index is 2.13. The number of amides is 2. The van der Waals surface area contributed by atoms with E-state index in [2.05, 4.69) is 15.8 Å². The van der Waals surface area contributed by atoms with Gasteiger partial charge in [0.05, 0.1) is 17.9 Å². The summed E-state index contributed by atoms with van der Waals surface area (Å²) in [4.78, 5) is 12.5. The first kappa shape index (κ1) is 20.3. The monoisotopic (exact) mass is 369 g/mol. The number of urea groups is 1. The SMILES string of the molecule is CCOc1cc(NC(=O)NC(C)(C)c2cccc(/C(C)=N/O)c2)ccc1C. The lowest BCUT2D eigenvalue weighted by molar-refractivity contribution is 0.242. The molecule has 0 aliphatic heterocycles. The van der Waals surface area contributed by atoms with Crippen molar-refractivity contribution in [3.63, 3.8) is 0 Å². The molecule has 6 heteroatoms. The van der Waals surface area contributed by atoms with Crippen molar-refractivity contribution in [3.05, 3.63) is 59.2 Å². The average molecular weight is 369 g/mol. The number of benzene rings is 2. The van der Waals surface area contributed by atoms with Gasteiger partial charge in [0.1, 0.15) is 5.75 Å². The van der Waals surface area contributed by atoms with E-state index in [9.17, 15) is 4.79 Å². The molecule has 144 valence electrons. The van der Waals surface area contributed by atoms with Crippen LogP contribution in [-0.4, -0.2) is 23.6 Å². The molecule has 0 aliphatic carbocycles. The zero-order valence-electron chi connectivity index (χ0n) is 16.5. The molecule has 0 aromatic heterocycles. The first-order valence-corrected chi connectivity index (χ1v) is 8.89. The van der Waals surface area contributed by atoms with Crippen molar-refractivity contribution in [1.29, 1.82) is 0 Å². The Kier molecular flexibility index (Phi) is 6.45. The lowest BCUT2D eigenvalue weighted by Gasteiger charge is -2.27. The van der Waals surface area contributed by atoms with E-state index in [0.717, 1.165) is 22.4 Å². The number of nitrogens with zero attached hydrogens (tertiary/aromatic N) is 1. The molecule has 0 spiro atoms. The summed E-state index contributed by atoms with van der Waals surface area (Å²) >= 11 is 0. The highest BCUT2D eigenvalue weighted by Crippen LogP contribution is 2.24. The fraction of sp³-hybridized carbons (Fsp3) is 0.333. The van der Waals surface area contributed by atoms with Gasteiger partial charge >= 0.3 is 6.03 Å². The van der Waals surface area contributed by atoms with Gasteiger partial charge in [0.15, 0.2) is 0 Å². The second-order valence-corrected chi connectivity index (χ2v) is 6.88. The van der Waals surface area contributed by atoms with Crippen LogP contribution in [0.25, 0.3) is 0 Å². The molecule has 0 fully saturated rings. The molecule has 0 atom stereocenters. The van der Waals surface area contributed by atoms with Gasteiger partial charge in [-0.15, -0.1) is 0 Å². The highest BCUT2D eigenvalue weighted by atomic mass is 16.5. The molecule has 2 amide bonds. The molecule has 0 aliphatic rings. The second-order valence-electron chi connectivity index (χ2n) is 6.88. The van der Waals surface area contributed by atoms with Gasteiger partial charge < -0.3 is 20.6 Å². The summed E-state index contributed by atoms with van der Waals surface area (Å²) < 4.78 is 5.57. The summed E-state index contributed by atoms with van der Waals surface area (Å²) in [6.45, 7) is 10.0. The van der Waals surface area contributed by atoms with E-state index < -0.39 is 5.54 Å². The normalized spacial score (nSPS) is 11.8. The maximum atomic E-state index is 12.5. The van der Waals surface area contributed by atoms with Crippen molar-refractivity contribution in [2.45, 2.75) is 40.2 Å². The molecule has 0 radical (unpaired) electrons. The molecular weight excluding hydrogens is 342 g/mol. The van der Waals surface area contributed by atoms with E-state index in [1.807, 2.05) is 70.2 Å². The smallest absolute Gasteiger partial charge is 0.319 e. The van der Waals surface area contributed by atoms with Crippen LogP contribution in [0.3, 0.4) is 0 Å². The number of hydrogen-bond acceptors (Lipinski definition) is 4. The van der Waals surface area contributed by atoms with Gasteiger partial charge in [0, 0.05) is 11.8 Å². The van der Waals surface area contributed by atoms with Gasteiger partial charge in [-0.1, -0.05) is 29.4 Å². The largest absolute Gasteiger partial charge is 0.494 e. The minimum absolute atomic E-state index is 0.316. The van der Waals surface area contributed by atoms with E-state index in [-0.39, 0.29) is 6.03 Å². The fourth-order valence-electron chi connectivity index (χ4n) is 2.70. The Morgan fingerprint density at radius 3 is 2.63 bits per heavy atom. The van der Waals surface area contributed by atoms with Gasteiger partial charge in [-0.25, -0.2) is 4.79 Å². The molecular formula is C21H27N3O3. The maximum absolute atomic E-state index is 12.5. The van der Waals surface area contributed by atoms with Crippen molar-refractivity contribution in [2.24, 2.45) is 5.16 Å². The van der Waals surface area contributed by atoms with Gasteiger partial charge in [-0.2, -0.15) is 0 Å². The molecule has 0 unspecified atom stereocenters. The number of oxime groups is 1. The third kappa shape index (κ3) is 5.23. The third-order valence-electron chi connectivity index (χ3n) is 4.32. The lowest BCUT2D eigenvalue weighted by Crippen LogP contribution is -2.43. The van der Waals surface area contributed by atoms with Crippen LogP contribution in [0.15, 0.2) is 47.6 Å². The number of carbonyl (C=O) groups excluding carboxylic acids is 1. The number of aryl methyl sites for hydroxylation is 1. The molecule has 2 aromatic carbocycles. The van der Waals surface area contributed by atoms with Crippen molar-refractivity contribution < 1.29 is 14.7 Å². The Morgan fingerprint density at radius 1 is 1.22 bits per heavy atom. The van der Waals surface area contributed by atoms with Crippen LogP contribution >= 0.6 is 0 Å². The molecule has 27 heavy (non-hydrogen) atoms. The molecule has 2 rings (SSSR count). The van der Waals surface area contributed by atoms with Crippen molar-refractivity contribution >= 4 is 17.4 Å². The topological polar surface area (TPSA) is 83.0 Å². The van der Waals surface area contributed by atoms with Gasteiger partial charge in [-0.3, -0.25) is 0 Å². The highest BCUT2D eigenvalue weighted by molar-refractivity contribution is 5.98. The minimum atomic E-state index is -0.622. The van der Waals surface area contributed by atoms with Crippen LogP contribution in [0.2, 0.25) is 0 Å². The maximum Gasteiger partial charge on any atom is 0.319 e. The summed E-state index contributed by atoms with van der Waals surface area (Å²) in [5.41, 5.74) is 3.26. The number of rotatable bonds is 6. The van der Waals surface area contributed by atoms with Crippen molar-refractivity contribution in [1.82, 2.24) is 5.32 Å². The second kappa shape index (κ2) is 8.58. The van der Waals surface area contributed by atoms with E-state index in [1.54, 1.807) is 6.92 Å². The van der Waals surface area contributed by atoms with Gasteiger partial charge in [0.2, 0.25) is 0 Å². The van der Waals surface area contributed by atoms with E-state index in [4.69, 9.17) is 9.94 Å². The predicted octanol–water partition coefficient (Wildman–Crippen LogP) is 4.65. The van der Waals surface area contributed by atoms with Gasteiger partial charge in [0.25, 0.3) is 0 Å². The number of carbonyl (C=O) groups is 1. The molecule has 2 aromatic rings. The van der Waals surface area contributed by atoms with Crippen LogP contribution in [0, 0.1) is 6.92 Å². The average Bonchev–Trinajstić information content (AvgIpc) is 2.63. The quantitative estimate of drug-likeness (QED) is 0.394. The number of nitrogens with one attached hydrogen (secondary N) is 2. The summed E-state index contributed by atoms with van der Waals surface area (Å²) in [5.74, 6) is 0.751. The Labute approximate surface area is 160 Å². The van der Waals surface area contributed by atoms with Crippen molar-refractivity contribution in [2.75, 3.05) is 11.9 Å². The number of ether oxygens (including phenoxy) is 1. The first-order valence-electron chi connectivity index (χ1n) is 8.89. The molecule has 0 heterocycles. The standard InChI is InChI=1S/C21H27N3O3/c1-6-27-19-13-18(11-10-14(19)2)22-20(25)23-21(4,5)17-9-7-8-16(12-17)15(3)24-26/h7-13,26H,6H2,1-5H3,(H2,22,23,25)/b24-15+. The fourth-order valence-corrected chi connectivity index (χ4v) is 2.70. The Morgan fingerprint density at radius 2 is 1.96 bits per heavy atom. The number of anilines is 1.